The number of aliphatic hydroxyl groups is 2. The standard InChI is InChI=1S/C48H86NO10P/c1-6-8-10-12-14-16-18-20-21-22-23-24-26-28-30-32-34-38-47(52)56-42-44(43-58-60(54,55)57-41-40-49(3,4)5)59-48(53)39-35-37-46(51)45(50)36-33-31-29-27-25-19-17-15-13-11-9-7-2/h9,11,15,17,20-21,25,27,31,33,44-46,50-51H,6-8,10,12-14,16,18-19,22-24,26,28-30,32,34-43H2,1-5H3/b11-9-,17-15-,21-20-,27-25-,33-31-/t44-,45-,46-/m1/s1. The van der Waals surface area contributed by atoms with Gasteiger partial charge >= 0.3 is 11.9 Å². The fraction of sp³-hybridized carbons (Fsp3) is 0.750. The largest absolute Gasteiger partial charge is 0.756 e. The number of ether oxygens (including phenoxy) is 2. The van der Waals surface area contributed by atoms with Gasteiger partial charge in [-0.2, -0.15) is 0 Å². The van der Waals surface area contributed by atoms with Crippen LogP contribution >= 0.6 is 7.82 Å². The average Bonchev–Trinajstić information content (AvgIpc) is 3.19. The van der Waals surface area contributed by atoms with Crippen molar-refractivity contribution in [3.05, 3.63) is 60.8 Å². The van der Waals surface area contributed by atoms with Crippen molar-refractivity contribution in [2.24, 2.45) is 0 Å². The molecule has 0 spiro atoms. The van der Waals surface area contributed by atoms with E-state index in [1.807, 2.05) is 39.4 Å². The number of allylic oxidation sites excluding steroid dienone is 9. The normalized spacial score (nSPS) is 15.1. The second kappa shape index (κ2) is 39.5. The molecular weight excluding hydrogens is 781 g/mol. The fourth-order valence-corrected chi connectivity index (χ4v) is 6.70. The zero-order valence-electron chi connectivity index (χ0n) is 38.4. The Labute approximate surface area is 365 Å². The number of phosphoric ester groups is 1. The van der Waals surface area contributed by atoms with Crippen LogP contribution in [0.2, 0.25) is 0 Å². The summed E-state index contributed by atoms with van der Waals surface area (Å²) in [5.41, 5.74) is 0. The van der Waals surface area contributed by atoms with Gasteiger partial charge in [-0.25, -0.2) is 0 Å². The molecule has 348 valence electrons. The Morgan fingerprint density at radius 2 is 1.13 bits per heavy atom. The average molecular weight is 868 g/mol. The molecule has 1 unspecified atom stereocenters. The van der Waals surface area contributed by atoms with Crippen molar-refractivity contribution in [2.75, 3.05) is 47.5 Å². The van der Waals surface area contributed by atoms with Crippen molar-refractivity contribution in [2.45, 2.75) is 186 Å². The predicted octanol–water partition coefficient (Wildman–Crippen LogP) is 10.6. The molecule has 0 saturated carbocycles. The molecular formula is C48H86NO10P. The molecule has 0 bridgehead atoms. The van der Waals surface area contributed by atoms with Crippen LogP contribution in [0, 0.1) is 0 Å². The SMILES string of the molecule is CC/C=C\C/C=C\C/C=C\C/C=C\C[C@@H](O)[C@H](O)CCCC(=O)O[C@H](COC(=O)CCCCCCCCC/C=C\CCCCCCCC)COP(=O)([O-])OCC[N+](C)(C)C. The predicted molar refractivity (Wildman–Crippen MR) is 243 cm³/mol. The number of rotatable bonds is 41. The monoisotopic (exact) mass is 868 g/mol. The summed E-state index contributed by atoms with van der Waals surface area (Å²) in [6.45, 7) is 3.75. The van der Waals surface area contributed by atoms with Crippen molar-refractivity contribution in [3.63, 3.8) is 0 Å². The van der Waals surface area contributed by atoms with Crippen LogP contribution in [0.1, 0.15) is 168 Å². The maximum Gasteiger partial charge on any atom is 0.306 e. The lowest BCUT2D eigenvalue weighted by Crippen LogP contribution is -2.37. The van der Waals surface area contributed by atoms with Gasteiger partial charge in [0.25, 0.3) is 7.82 Å². The molecule has 4 atom stereocenters. The maximum atomic E-state index is 12.7. The van der Waals surface area contributed by atoms with Crippen molar-refractivity contribution in [3.8, 4) is 0 Å². The molecule has 0 radical (unpaired) electrons. The molecule has 0 aromatic heterocycles. The Morgan fingerprint density at radius 1 is 0.617 bits per heavy atom. The number of carbonyl (C=O) groups excluding carboxylic acids is 2. The molecule has 0 aromatic rings. The number of phosphoric acid groups is 1. The first-order valence-corrected chi connectivity index (χ1v) is 24.6. The first kappa shape index (κ1) is 57.6. The molecule has 0 amide bonds. The number of hydrogen-bond acceptors (Lipinski definition) is 10. The molecule has 0 rings (SSSR count). The van der Waals surface area contributed by atoms with Gasteiger partial charge in [0.05, 0.1) is 40.0 Å². The maximum absolute atomic E-state index is 12.7. The van der Waals surface area contributed by atoms with E-state index in [4.69, 9.17) is 18.5 Å². The highest BCUT2D eigenvalue weighted by Crippen LogP contribution is 2.38. The van der Waals surface area contributed by atoms with Crippen LogP contribution in [0.3, 0.4) is 0 Å². The molecule has 0 fully saturated rings. The van der Waals surface area contributed by atoms with E-state index in [1.54, 1.807) is 0 Å². The second-order valence-corrected chi connectivity index (χ2v) is 18.1. The third-order valence-electron chi connectivity index (χ3n) is 9.72. The number of carbonyl (C=O) groups is 2. The Kier molecular flexibility index (Phi) is 37.9. The van der Waals surface area contributed by atoms with Crippen LogP contribution in [0.5, 0.6) is 0 Å². The van der Waals surface area contributed by atoms with E-state index in [2.05, 4.69) is 56.4 Å². The molecule has 0 aromatic carbocycles. The number of esters is 2. The molecule has 0 aliphatic rings. The van der Waals surface area contributed by atoms with Crippen LogP contribution in [0.25, 0.3) is 0 Å². The molecule has 60 heavy (non-hydrogen) atoms. The number of unbranched alkanes of at least 4 members (excludes halogenated alkanes) is 13. The molecule has 2 N–H and O–H groups in total. The summed E-state index contributed by atoms with van der Waals surface area (Å²) in [6.07, 6.45) is 39.9. The molecule has 0 aliphatic carbocycles. The van der Waals surface area contributed by atoms with Gasteiger partial charge in [-0.3, -0.25) is 14.2 Å². The van der Waals surface area contributed by atoms with Crippen LogP contribution in [-0.4, -0.2) is 92.5 Å². The van der Waals surface area contributed by atoms with E-state index < -0.39 is 44.7 Å². The van der Waals surface area contributed by atoms with Crippen molar-refractivity contribution in [1.29, 1.82) is 0 Å². The van der Waals surface area contributed by atoms with Crippen LogP contribution in [-0.2, 0) is 32.7 Å². The summed E-state index contributed by atoms with van der Waals surface area (Å²) in [6, 6.07) is 0. The topological polar surface area (TPSA) is 152 Å². The minimum absolute atomic E-state index is 0.0864. The fourth-order valence-electron chi connectivity index (χ4n) is 5.97. The Hall–Kier alpha value is -2.37. The summed E-state index contributed by atoms with van der Waals surface area (Å²) in [5, 5.41) is 20.8. The minimum atomic E-state index is -4.71. The highest BCUT2D eigenvalue weighted by molar-refractivity contribution is 7.45. The van der Waals surface area contributed by atoms with E-state index in [1.165, 1.54) is 64.2 Å². The number of nitrogens with zero attached hydrogens (tertiary/aromatic N) is 1. The zero-order chi connectivity index (χ0) is 44.6. The van der Waals surface area contributed by atoms with Gasteiger partial charge in [-0.1, -0.05) is 139 Å². The number of aliphatic hydroxyl groups excluding tert-OH is 2. The molecule has 11 nitrogen and oxygen atoms in total. The van der Waals surface area contributed by atoms with Crippen LogP contribution in [0.4, 0.5) is 0 Å². The number of hydrogen-bond donors (Lipinski definition) is 2. The lowest BCUT2D eigenvalue weighted by atomic mass is 10.0. The Bertz CT molecular complexity index is 1240. The summed E-state index contributed by atoms with van der Waals surface area (Å²) in [4.78, 5) is 37.7. The first-order valence-electron chi connectivity index (χ1n) is 23.2. The second-order valence-electron chi connectivity index (χ2n) is 16.7. The first-order chi connectivity index (χ1) is 28.8. The van der Waals surface area contributed by atoms with Crippen LogP contribution in [0.15, 0.2) is 60.8 Å². The highest BCUT2D eigenvalue weighted by atomic mass is 31.2. The van der Waals surface area contributed by atoms with Gasteiger partial charge < -0.3 is 38.1 Å². The van der Waals surface area contributed by atoms with Gasteiger partial charge in [0.2, 0.25) is 0 Å². The zero-order valence-corrected chi connectivity index (χ0v) is 39.3. The van der Waals surface area contributed by atoms with Gasteiger partial charge in [0.1, 0.15) is 19.8 Å². The molecule has 0 heterocycles. The number of likely N-dealkylation sites (N-methyl/N-ethyl adjacent to an activating group) is 1. The summed E-state index contributed by atoms with van der Waals surface area (Å²) in [7, 11) is 0.978. The van der Waals surface area contributed by atoms with Crippen molar-refractivity contribution in [1.82, 2.24) is 0 Å². The summed E-state index contributed by atoms with van der Waals surface area (Å²) in [5.74, 6) is -1.13. The van der Waals surface area contributed by atoms with Crippen molar-refractivity contribution < 1.29 is 52.3 Å². The van der Waals surface area contributed by atoms with Gasteiger partial charge in [-0.05, 0) is 77.0 Å². The van der Waals surface area contributed by atoms with Crippen molar-refractivity contribution >= 4 is 19.8 Å². The highest BCUT2D eigenvalue weighted by Gasteiger charge is 2.22. The third kappa shape index (κ3) is 41.0. The molecule has 0 aliphatic heterocycles. The van der Waals surface area contributed by atoms with E-state index in [0.29, 0.717) is 17.4 Å². The van der Waals surface area contributed by atoms with E-state index in [0.717, 1.165) is 51.4 Å². The van der Waals surface area contributed by atoms with E-state index >= 15 is 0 Å². The Balaban J connectivity index is 4.58. The molecule has 12 heteroatoms. The molecule has 0 saturated heterocycles. The van der Waals surface area contributed by atoms with Crippen LogP contribution < -0.4 is 4.89 Å². The van der Waals surface area contributed by atoms with E-state index in [-0.39, 0.29) is 45.3 Å². The number of quaternary nitrogens is 1. The van der Waals surface area contributed by atoms with E-state index in [9.17, 15) is 29.3 Å². The Morgan fingerprint density at radius 3 is 1.70 bits per heavy atom. The quantitative estimate of drug-likeness (QED) is 0.0200. The lowest BCUT2D eigenvalue weighted by molar-refractivity contribution is -0.870. The van der Waals surface area contributed by atoms with Gasteiger partial charge in [-0.15, -0.1) is 0 Å². The minimum Gasteiger partial charge on any atom is -0.756 e. The van der Waals surface area contributed by atoms with Gasteiger partial charge in [0.15, 0.2) is 6.10 Å². The smallest absolute Gasteiger partial charge is 0.306 e. The third-order valence-corrected chi connectivity index (χ3v) is 10.7. The lowest BCUT2D eigenvalue weighted by Gasteiger charge is -2.28. The summed E-state index contributed by atoms with van der Waals surface area (Å²) < 4.78 is 33.7. The van der Waals surface area contributed by atoms with Gasteiger partial charge in [0, 0.05) is 12.8 Å². The summed E-state index contributed by atoms with van der Waals surface area (Å²) >= 11 is 0.